The maximum absolute atomic E-state index is 13.4. The molecular weight excluding hydrogens is 562 g/mol. The van der Waals surface area contributed by atoms with E-state index >= 15 is 0 Å². The molecule has 0 aliphatic carbocycles. The number of benzene rings is 3. The molecule has 2 heterocycles. The second kappa shape index (κ2) is 10.8. The Kier molecular flexibility index (Phi) is 7.32. The summed E-state index contributed by atoms with van der Waals surface area (Å²) in [5, 5.41) is 9.96. The summed E-state index contributed by atoms with van der Waals surface area (Å²) in [6, 6.07) is 26.7. The van der Waals surface area contributed by atoms with Crippen LogP contribution in [0.3, 0.4) is 0 Å². The standard InChI is InChI=1S/C30H22BrN3O3S/c1-18-8-11-21(12-9-18)34-28(35)16-27(30(34)36)38-29-23(17-32)22(20-10-13-26(37-2)24(31)14-20)15-25(33-29)19-6-4-3-5-7-19/h3-15,27H,16H2,1-2H3. The number of methoxy groups -OCH3 is 1. The largest absolute Gasteiger partial charge is 0.496 e. The Bertz CT molecular complexity index is 1580. The highest BCUT2D eigenvalue weighted by Crippen LogP contribution is 2.40. The summed E-state index contributed by atoms with van der Waals surface area (Å²) in [6.07, 6.45) is 0.0307. The van der Waals surface area contributed by atoms with Crippen molar-refractivity contribution in [1.29, 1.82) is 5.26 Å². The van der Waals surface area contributed by atoms with Gasteiger partial charge in [-0.05, 0) is 58.7 Å². The zero-order valence-corrected chi connectivity index (χ0v) is 23.0. The number of halogens is 1. The number of hydrogen-bond acceptors (Lipinski definition) is 6. The van der Waals surface area contributed by atoms with Gasteiger partial charge in [0, 0.05) is 17.5 Å². The van der Waals surface area contributed by atoms with E-state index in [-0.39, 0.29) is 18.2 Å². The fourth-order valence-electron chi connectivity index (χ4n) is 4.33. The zero-order chi connectivity index (χ0) is 26.8. The molecule has 6 nitrogen and oxygen atoms in total. The minimum absolute atomic E-state index is 0.0307. The second-order valence-electron chi connectivity index (χ2n) is 8.78. The van der Waals surface area contributed by atoms with Crippen LogP contribution in [0.15, 0.2) is 88.4 Å². The van der Waals surface area contributed by atoms with Crippen LogP contribution in [-0.4, -0.2) is 29.2 Å². The molecule has 1 aliphatic heterocycles. The lowest BCUT2D eigenvalue weighted by molar-refractivity contribution is -0.121. The van der Waals surface area contributed by atoms with Crippen molar-refractivity contribution in [2.75, 3.05) is 12.0 Å². The molecule has 8 heteroatoms. The molecular formula is C30H22BrN3O3S. The lowest BCUT2D eigenvalue weighted by Crippen LogP contribution is -2.31. The van der Waals surface area contributed by atoms with Crippen LogP contribution >= 0.6 is 27.7 Å². The van der Waals surface area contributed by atoms with Crippen molar-refractivity contribution in [2.45, 2.75) is 23.6 Å². The van der Waals surface area contributed by atoms with Crippen LogP contribution in [0.4, 0.5) is 5.69 Å². The molecule has 1 aromatic heterocycles. The second-order valence-corrected chi connectivity index (χ2v) is 10.8. The van der Waals surface area contributed by atoms with E-state index in [4.69, 9.17) is 9.72 Å². The van der Waals surface area contributed by atoms with E-state index in [1.165, 1.54) is 4.90 Å². The maximum atomic E-state index is 13.4. The number of nitrogens with zero attached hydrogens (tertiary/aromatic N) is 3. The minimum atomic E-state index is -0.690. The summed E-state index contributed by atoms with van der Waals surface area (Å²) in [4.78, 5) is 32.3. The molecule has 0 bridgehead atoms. The van der Waals surface area contributed by atoms with Crippen LogP contribution in [0.2, 0.25) is 0 Å². The third-order valence-corrected chi connectivity index (χ3v) is 8.07. The number of pyridine rings is 1. The summed E-state index contributed by atoms with van der Waals surface area (Å²) >= 11 is 4.70. The number of rotatable bonds is 6. The number of amides is 2. The number of carbonyl (C=O) groups is 2. The van der Waals surface area contributed by atoms with Gasteiger partial charge < -0.3 is 4.74 Å². The third-order valence-electron chi connectivity index (χ3n) is 6.28. The predicted molar refractivity (Wildman–Crippen MR) is 152 cm³/mol. The number of ether oxygens (including phenoxy) is 1. The molecule has 4 aromatic rings. The van der Waals surface area contributed by atoms with E-state index in [9.17, 15) is 14.9 Å². The molecule has 1 aliphatic rings. The fraction of sp³-hybridized carbons (Fsp3) is 0.133. The molecule has 2 amide bonds. The van der Waals surface area contributed by atoms with Crippen molar-refractivity contribution in [2.24, 2.45) is 0 Å². The number of carbonyl (C=O) groups excluding carboxylic acids is 2. The predicted octanol–water partition coefficient (Wildman–Crippen LogP) is 6.79. The molecule has 38 heavy (non-hydrogen) atoms. The first-order chi connectivity index (χ1) is 18.4. The van der Waals surface area contributed by atoms with Gasteiger partial charge in [-0.3, -0.25) is 9.59 Å². The molecule has 1 unspecified atom stereocenters. The minimum Gasteiger partial charge on any atom is -0.496 e. The quantitative estimate of drug-likeness (QED) is 0.232. The van der Waals surface area contributed by atoms with Gasteiger partial charge in [-0.1, -0.05) is 65.9 Å². The first kappa shape index (κ1) is 25.7. The van der Waals surface area contributed by atoms with Gasteiger partial charge in [0.15, 0.2) is 0 Å². The van der Waals surface area contributed by atoms with Gasteiger partial charge in [-0.25, -0.2) is 9.88 Å². The Morgan fingerprint density at radius 2 is 1.76 bits per heavy atom. The first-order valence-electron chi connectivity index (χ1n) is 11.8. The van der Waals surface area contributed by atoms with Crippen LogP contribution in [-0.2, 0) is 9.59 Å². The number of aryl methyl sites for hydroxylation is 1. The summed E-state index contributed by atoms with van der Waals surface area (Å²) < 4.78 is 6.12. The maximum Gasteiger partial charge on any atom is 0.247 e. The highest BCUT2D eigenvalue weighted by Gasteiger charge is 2.41. The number of thioether (sulfide) groups is 1. The van der Waals surface area contributed by atoms with Gasteiger partial charge in [0.1, 0.15) is 16.8 Å². The van der Waals surface area contributed by atoms with Gasteiger partial charge in [0.25, 0.3) is 0 Å². The molecule has 0 saturated carbocycles. The summed E-state index contributed by atoms with van der Waals surface area (Å²) in [5.74, 6) is 0.0900. The van der Waals surface area contributed by atoms with Crippen LogP contribution in [0, 0.1) is 18.3 Å². The van der Waals surface area contributed by atoms with Crippen molar-refractivity contribution >= 4 is 45.2 Å². The average Bonchev–Trinajstić information content (AvgIpc) is 3.21. The van der Waals surface area contributed by atoms with Gasteiger partial charge >= 0.3 is 0 Å². The van der Waals surface area contributed by atoms with E-state index in [1.807, 2.05) is 73.7 Å². The topological polar surface area (TPSA) is 83.3 Å². The van der Waals surface area contributed by atoms with Crippen molar-refractivity contribution < 1.29 is 14.3 Å². The number of nitriles is 1. The fourth-order valence-corrected chi connectivity index (χ4v) is 6.00. The van der Waals surface area contributed by atoms with Gasteiger partial charge in [-0.2, -0.15) is 5.26 Å². The Balaban J connectivity index is 1.58. The number of hydrogen-bond donors (Lipinski definition) is 0. The average molecular weight is 584 g/mol. The van der Waals surface area contributed by atoms with E-state index in [1.54, 1.807) is 19.2 Å². The van der Waals surface area contributed by atoms with Crippen LogP contribution in [0.1, 0.15) is 17.5 Å². The Morgan fingerprint density at radius 3 is 2.42 bits per heavy atom. The third kappa shape index (κ3) is 4.95. The SMILES string of the molecule is COc1ccc(-c2cc(-c3ccccc3)nc(SC3CC(=O)N(c4ccc(C)cc4)C3=O)c2C#N)cc1Br. The molecule has 0 radical (unpaired) electrons. The summed E-state index contributed by atoms with van der Waals surface area (Å²) in [7, 11) is 1.59. The molecule has 1 saturated heterocycles. The molecule has 5 rings (SSSR count). The van der Waals surface area contributed by atoms with Gasteiger partial charge in [-0.15, -0.1) is 0 Å². The van der Waals surface area contributed by atoms with Gasteiger partial charge in [0.05, 0.1) is 33.8 Å². The van der Waals surface area contributed by atoms with Crippen molar-refractivity contribution in [1.82, 2.24) is 4.98 Å². The lowest BCUT2D eigenvalue weighted by atomic mass is 9.99. The van der Waals surface area contributed by atoms with Gasteiger partial charge in [0.2, 0.25) is 11.8 Å². The molecule has 1 atom stereocenters. The molecule has 3 aromatic carbocycles. The van der Waals surface area contributed by atoms with E-state index in [0.29, 0.717) is 33.3 Å². The summed E-state index contributed by atoms with van der Waals surface area (Å²) in [5.41, 5.74) is 4.95. The van der Waals surface area contributed by atoms with Crippen LogP contribution < -0.4 is 9.64 Å². The Hall–Kier alpha value is -3.93. The Labute approximate surface area is 233 Å². The number of aromatic nitrogens is 1. The van der Waals surface area contributed by atoms with Crippen LogP contribution in [0.25, 0.3) is 22.4 Å². The smallest absolute Gasteiger partial charge is 0.247 e. The Morgan fingerprint density at radius 1 is 1.03 bits per heavy atom. The number of imide groups is 1. The monoisotopic (exact) mass is 583 g/mol. The highest BCUT2D eigenvalue weighted by atomic mass is 79.9. The van der Waals surface area contributed by atoms with Crippen molar-refractivity contribution in [3.05, 3.63) is 94.5 Å². The molecule has 0 N–H and O–H groups in total. The normalized spacial score (nSPS) is 15.0. The van der Waals surface area contributed by atoms with E-state index in [2.05, 4.69) is 22.0 Å². The lowest BCUT2D eigenvalue weighted by Gasteiger charge is -2.16. The van der Waals surface area contributed by atoms with Crippen LogP contribution in [0.5, 0.6) is 5.75 Å². The highest BCUT2D eigenvalue weighted by molar-refractivity contribution is 9.10. The molecule has 0 spiro atoms. The van der Waals surface area contributed by atoms with E-state index in [0.717, 1.165) is 32.9 Å². The molecule has 1 fully saturated rings. The summed E-state index contributed by atoms with van der Waals surface area (Å²) in [6.45, 7) is 1.95. The first-order valence-corrected chi connectivity index (χ1v) is 13.5. The molecule has 188 valence electrons. The van der Waals surface area contributed by atoms with E-state index < -0.39 is 5.25 Å². The number of anilines is 1. The van der Waals surface area contributed by atoms with Crippen molar-refractivity contribution in [3.63, 3.8) is 0 Å². The van der Waals surface area contributed by atoms with Crippen molar-refractivity contribution in [3.8, 4) is 34.2 Å². The zero-order valence-electron chi connectivity index (χ0n) is 20.6.